The summed E-state index contributed by atoms with van der Waals surface area (Å²) in [5, 5.41) is 0. The smallest absolute Gasteiger partial charge is 0.260 e. The molecule has 0 spiro atoms. The zero-order valence-electron chi connectivity index (χ0n) is 10.3. The summed E-state index contributed by atoms with van der Waals surface area (Å²) < 4.78 is 5.47. The Morgan fingerprint density at radius 3 is 2.88 bits per heavy atom. The van der Waals surface area contributed by atoms with Gasteiger partial charge in [-0.1, -0.05) is 25.1 Å². The van der Waals surface area contributed by atoms with E-state index in [2.05, 4.69) is 6.92 Å². The summed E-state index contributed by atoms with van der Waals surface area (Å²) in [4.78, 5) is 13.8. The Labute approximate surface area is 102 Å². The first-order valence-electron chi connectivity index (χ1n) is 6.21. The number of rotatable bonds is 3. The van der Waals surface area contributed by atoms with E-state index in [1.165, 1.54) is 6.42 Å². The number of carbonyl (C=O) groups excluding carboxylic acids is 1. The average molecular weight is 233 g/mol. The van der Waals surface area contributed by atoms with Gasteiger partial charge >= 0.3 is 0 Å². The lowest BCUT2D eigenvalue weighted by atomic mass is 10.0. The first kappa shape index (κ1) is 12.0. The number of ether oxygens (including phenoxy) is 1. The number of likely N-dealkylation sites (tertiary alicyclic amines) is 1. The molecule has 1 fully saturated rings. The molecular formula is C14H19NO2. The molecule has 0 N–H and O–H groups in total. The Morgan fingerprint density at radius 2 is 2.18 bits per heavy atom. The van der Waals surface area contributed by atoms with Crippen LogP contribution in [0.1, 0.15) is 19.8 Å². The highest BCUT2D eigenvalue weighted by atomic mass is 16.5. The van der Waals surface area contributed by atoms with Crippen LogP contribution in [0.3, 0.4) is 0 Å². The molecule has 0 aromatic heterocycles. The third-order valence-corrected chi connectivity index (χ3v) is 3.12. The molecule has 0 saturated carbocycles. The van der Waals surface area contributed by atoms with Crippen molar-refractivity contribution in [3.05, 3.63) is 30.3 Å². The predicted octanol–water partition coefficient (Wildman–Crippen LogP) is 2.32. The number of benzene rings is 1. The van der Waals surface area contributed by atoms with E-state index in [0.29, 0.717) is 5.92 Å². The van der Waals surface area contributed by atoms with Crippen molar-refractivity contribution >= 4 is 5.91 Å². The monoisotopic (exact) mass is 233 g/mol. The third kappa shape index (κ3) is 3.48. The maximum absolute atomic E-state index is 11.9. The maximum atomic E-state index is 11.9. The van der Waals surface area contributed by atoms with E-state index in [0.717, 1.165) is 25.3 Å². The van der Waals surface area contributed by atoms with Crippen molar-refractivity contribution in [2.75, 3.05) is 19.7 Å². The maximum Gasteiger partial charge on any atom is 0.260 e. The van der Waals surface area contributed by atoms with Gasteiger partial charge in [0.15, 0.2) is 6.61 Å². The minimum absolute atomic E-state index is 0.0976. The number of amides is 1. The SMILES string of the molecule is C[C@H]1CCCN(C(=O)COc2ccccc2)C1. The normalized spacial score (nSPS) is 20.1. The number of nitrogens with zero attached hydrogens (tertiary/aromatic N) is 1. The molecule has 2 rings (SSSR count). The largest absolute Gasteiger partial charge is 0.484 e. The molecule has 1 aromatic rings. The second-order valence-electron chi connectivity index (χ2n) is 4.69. The molecule has 1 aromatic carbocycles. The molecule has 1 saturated heterocycles. The number of carbonyl (C=O) groups is 1. The summed E-state index contributed by atoms with van der Waals surface area (Å²) in [7, 11) is 0. The predicted molar refractivity (Wildman–Crippen MR) is 66.9 cm³/mol. The van der Waals surface area contributed by atoms with Gasteiger partial charge in [-0.3, -0.25) is 4.79 Å². The van der Waals surface area contributed by atoms with Gasteiger partial charge in [-0.05, 0) is 30.9 Å². The second kappa shape index (κ2) is 5.71. The molecule has 0 radical (unpaired) electrons. The van der Waals surface area contributed by atoms with Crippen molar-refractivity contribution in [1.29, 1.82) is 0 Å². The fourth-order valence-electron chi connectivity index (χ4n) is 2.17. The highest BCUT2D eigenvalue weighted by Gasteiger charge is 2.20. The van der Waals surface area contributed by atoms with Gasteiger partial charge in [0, 0.05) is 13.1 Å². The first-order chi connectivity index (χ1) is 8.25. The molecule has 0 bridgehead atoms. The highest BCUT2D eigenvalue weighted by molar-refractivity contribution is 5.77. The molecule has 3 heteroatoms. The number of hydrogen-bond donors (Lipinski definition) is 0. The van der Waals surface area contributed by atoms with Gasteiger partial charge in [-0.25, -0.2) is 0 Å². The van der Waals surface area contributed by atoms with Gasteiger partial charge < -0.3 is 9.64 Å². The van der Waals surface area contributed by atoms with Crippen molar-refractivity contribution in [3.63, 3.8) is 0 Å². The third-order valence-electron chi connectivity index (χ3n) is 3.12. The fourth-order valence-corrected chi connectivity index (χ4v) is 2.17. The molecule has 0 aliphatic carbocycles. The summed E-state index contributed by atoms with van der Waals surface area (Å²) in [6, 6.07) is 9.48. The molecular weight excluding hydrogens is 214 g/mol. The van der Waals surface area contributed by atoms with Gasteiger partial charge in [0.25, 0.3) is 5.91 Å². The van der Waals surface area contributed by atoms with Crippen LogP contribution in [0.15, 0.2) is 30.3 Å². The zero-order chi connectivity index (χ0) is 12.1. The van der Waals surface area contributed by atoms with Crippen molar-refractivity contribution in [2.45, 2.75) is 19.8 Å². The lowest BCUT2D eigenvalue weighted by Gasteiger charge is -2.30. The molecule has 1 atom stereocenters. The van der Waals surface area contributed by atoms with Crippen LogP contribution in [0.25, 0.3) is 0 Å². The topological polar surface area (TPSA) is 29.5 Å². The van der Waals surface area contributed by atoms with Crippen LogP contribution >= 0.6 is 0 Å². The molecule has 92 valence electrons. The van der Waals surface area contributed by atoms with Crippen LogP contribution in [-0.4, -0.2) is 30.5 Å². The van der Waals surface area contributed by atoms with E-state index in [4.69, 9.17) is 4.74 Å². The molecule has 0 unspecified atom stereocenters. The molecule has 1 aliphatic heterocycles. The van der Waals surface area contributed by atoms with E-state index in [1.807, 2.05) is 35.2 Å². The van der Waals surface area contributed by atoms with E-state index in [1.54, 1.807) is 0 Å². The number of piperidine rings is 1. The summed E-state index contributed by atoms with van der Waals surface area (Å²) in [5.41, 5.74) is 0. The van der Waals surface area contributed by atoms with Crippen LogP contribution in [0.2, 0.25) is 0 Å². The molecule has 3 nitrogen and oxygen atoms in total. The van der Waals surface area contributed by atoms with Gasteiger partial charge in [-0.15, -0.1) is 0 Å². The van der Waals surface area contributed by atoms with E-state index in [9.17, 15) is 4.79 Å². The summed E-state index contributed by atoms with van der Waals surface area (Å²) >= 11 is 0. The first-order valence-corrected chi connectivity index (χ1v) is 6.21. The van der Waals surface area contributed by atoms with Crippen LogP contribution in [0.4, 0.5) is 0 Å². The van der Waals surface area contributed by atoms with Gasteiger partial charge in [0.1, 0.15) is 5.75 Å². The lowest BCUT2D eigenvalue weighted by molar-refractivity contribution is -0.135. The minimum Gasteiger partial charge on any atom is -0.484 e. The summed E-state index contributed by atoms with van der Waals surface area (Å²) in [5.74, 6) is 1.47. The Bertz CT molecular complexity index is 364. The van der Waals surface area contributed by atoms with Crippen molar-refractivity contribution in [1.82, 2.24) is 4.90 Å². The van der Waals surface area contributed by atoms with Crippen molar-refractivity contribution in [2.24, 2.45) is 5.92 Å². The van der Waals surface area contributed by atoms with E-state index in [-0.39, 0.29) is 12.5 Å². The molecule has 1 amide bonds. The Hall–Kier alpha value is -1.51. The Balaban J connectivity index is 1.81. The lowest BCUT2D eigenvalue weighted by Crippen LogP contribution is -2.41. The molecule has 17 heavy (non-hydrogen) atoms. The zero-order valence-corrected chi connectivity index (χ0v) is 10.3. The standard InChI is InChI=1S/C14H19NO2/c1-12-6-5-9-15(10-12)14(16)11-17-13-7-3-2-4-8-13/h2-4,7-8,12H,5-6,9-11H2,1H3/t12-/m0/s1. The van der Waals surface area contributed by atoms with Gasteiger partial charge in [0.05, 0.1) is 0 Å². The van der Waals surface area contributed by atoms with E-state index >= 15 is 0 Å². The van der Waals surface area contributed by atoms with Crippen LogP contribution in [0, 0.1) is 5.92 Å². The van der Waals surface area contributed by atoms with Crippen LogP contribution in [-0.2, 0) is 4.79 Å². The van der Waals surface area contributed by atoms with Crippen molar-refractivity contribution < 1.29 is 9.53 Å². The highest BCUT2D eigenvalue weighted by Crippen LogP contribution is 2.16. The fraction of sp³-hybridized carbons (Fsp3) is 0.500. The molecule has 1 aliphatic rings. The Kier molecular flexibility index (Phi) is 4.02. The number of para-hydroxylation sites is 1. The molecule has 1 heterocycles. The average Bonchev–Trinajstić information content (AvgIpc) is 2.37. The van der Waals surface area contributed by atoms with E-state index < -0.39 is 0 Å². The van der Waals surface area contributed by atoms with Gasteiger partial charge in [-0.2, -0.15) is 0 Å². The second-order valence-corrected chi connectivity index (χ2v) is 4.69. The van der Waals surface area contributed by atoms with Gasteiger partial charge in [0.2, 0.25) is 0 Å². The number of hydrogen-bond acceptors (Lipinski definition) is 2. The quantitative estimate of drug-likeness (QED) is 0.802. The Morgan fingerprint density at radius 1 is 1.41 bits per heavy atom. The van der Waals surface area contributed by atoms with Crippen LogP contribution < -0.4 is 4.74 Å². The van der Waals surface area contributed by atoms with Crippen LogP contribution in [0.5, 0.6) is 5.75 Å². The summed E-state index contributed by atoms with van der Waals surface area (Å²) in [6.07, 6.45) is 2.33. The minimum atomic E-state index is 0.0976. The summed E-state index contributed by atoms with van der Waals surface area (Å²) in [6.45, 7) is 4.09. The van der Waals surface area contributed by atoms with Crippen molar-refractivity contribution in [3.8, 4) is 5.75 Å².